The largest absolute Gasteiger partial charge is 0.492 e. The molecule has 0 unspecified atom stereocenters. The summed E-state index contributed by atoms with van der Waals surface area (Å²) in [5.74, 6) is 0.386. The second-order valence-corrected chi connectivity index (χ2v) is 10.3. The zero-order valence-corrected chi connectivity index (χ0v) is 23.9. The van der Waals surface area contributed by atoms with Gasteiger partial charge in [-0.3, -0.25) is 14.6 Å². The van der Waals surface area contributed by atoms with Crippen LogP contribution < -0.4 is 10.3 Å². The number of ether oxygens (including phenoxy) is 1. The van der Waals surface area contributed by atoms with Gasteiger partial charge in [-0.25, -0.2) is 0 Å². The molecule has 1 atom stereocenters. The maximum absolute atomic E-state index is 14.0. The van der Waals surface area contributed by atoms with Crippen molar-refractivity contribution in [3.63, 3.8) is 0 Å². The van der Waals surface area contributed by atoms with E-state index in [0.29, 0.717) is 47.2 Å². The van der Waals surface area contributed by atoms with Gasteiger partial charge in [0.1, 0.15) is 17.4 Å². The van der Waals surface area contributed by atoms with Gasteiger partial charge in [0.2, 0.25) is 0 Å². The topological polar surface area (TPSA) is 91.5 Å². The van der Waals surface area contributed by atoms with Gasteiger partial charge in [-0.1, -0.05) is 24.6 Å². The van der Waals surface area contributed by atoms with Crippen molar-refractivity contribution < 1.29 is 9.53 Å². The van der Waals surface area contributed by atoms with Gasteiger partial charge in [-0.05, 0) is 63.0 Å². The first-order valence-corrected chi connectivity index (χ1v) is 13.6. The van der Waals surface area contributed by atoms with Crippen LogP contribution in [0.15, 0.2) is 41.5 Å². The van der Waals surface area contributed by atoms with Crippen molar-refractivity contribution in [2.24, 2.45) is 7.05 Å². The Labute approximate surface area is 234 Å². The minimum atomic E-state index is -0.322. The number of nitrogens with zero attached hydrogens (tertiary/aromatic N) is 5. The molecule has 0 N–H and O–H groups in total. The molecule has 9 heteroatoms. The summed E-state index contributed by atoms with van der Waals surface area (Å²) < 4.78 is 7.16. The molecule has 0 radical (unpaired) electrons. The van der Waals surface area contributed by atoms with Crippen LogP contribution in [0.1, 0.15) is 59.6 Å². The van der Waals surface area contributed by atoms with E-state index >= 15 is 0 Å². The predicted molar refractivity (Wildman–Crippen MR) is 152 cm³/mol. The molecule has 1 aliphatic rings. The number of hydrogen-bond donors (Lipinski definition) is 0. The number of rotatable bonds is 9. The maximum atomic E-state index is 14.0. The molecular weight excluding hydrogens is 514 g/mol. The van der Waals surface area contributed by atoms with Crippen molar-refractivity contribution in [1.82, 2.24) is 19.4 Å². The van der Waals surface area contributed by atoms with E-state index in [1.807, 2.05) is 24.8 Å². The number of benzene rings is 1. The minimum absolute atomic E-state index is 0.0826. The molecule has 0 aliphatic carbocycles. The first kappa shape index (κ1) is 28.3. The molecule has 8 nitrogen and oxygen atoms in total. The summed E-state index contributed by atoms with van der Waals surface area (Å²) in [5.41, 5.74) is 5.08. The van der Waals surface area contributed by atoms with E-state index in [9.17, 15) is 14.9 Å². The van der Waals surface area contributed by atoms with Gasteiger partial charge in [-0.15, -0.1) is 0 Å². The molecule has 2 aromatic heterocycles. The van der Waals surface area contributed by atoms with E-state index < -0.39 is 0 Å². The molecule has 1 aromatic carbocycles. The van der Waals surface area contributed by atoms with E-state index in [-0.39, 0.29) is 17.5 Å². The number of aromatic nitrogens is 2. The monoisotopic (exact) mass is 547 g/mol. The molecule has 3 aromatic rings. The lowest BCUT2D eigenvalue weighted by molar-refractivity contribution is 0.0669. The van der Waals surface area contributed by atoms with Gasteiger partial charge in [-0.2, -0.15) is 5.26 Å². The summed E-state index contributed by atoms with van der Waals surface area (Å²) in [4.78, 5) is 34.7. The molecule has 204 valence electrons. The van der Waals surface area contributed by atoms with Gasteiger partial charge in [0.05, 0.1) is 23.4 Å². The third kappa shape index (κ3) is 5.85. The highest BCUT2D eigenvalue weighted by molar-refractivity contribution is 6.33. The highest BCUT2D eigenvalue weighted by atomic mass is 35.5. The van der Waals surface area contributed by atoms with Gasteiger partial charge in [0.15, 0.2) is 0 Å². The van der Waals surface area contributed by atoms with Gasteiger partial charge in [0.25, 0.3) is 11.5 Å². The quantitative estimate of drug-likeness (QED) is 0.388. The number of amides is 1. The Morgan fingerprint density at radius 3 is 2.62 bits per heavy atom. The summed E-state index contributed by atoms with van der Waals surface area (Å²) >= 11 is 6.58. The highest BCUT2D eigenvalue weighted by Gasteiger charge is 2.32. The molecule has 0 spiro atoms. The molecule has 0 fully saturated rings. The van der Waals surface area contributed by atoms with Crippen molar-refractivity contribution in [3.8, 4) is 22.9 Å². The third-order valence-corrected chi connectivity index (χ3v) is 7.71. The van der Waals surface area contributed by atoms with Gasteiger partial charge in [0, 0.05) is 55.8 Å². The number of nitriles is 1. The van der Waals surface area contributed by atoms with Crippen molar-refractivity contribution in [2.45, 2.75) is 39.7 Å². The Bertz CT molecular complexity index is 1490. The summed E-state index contributed by atoms with van der Waals surface area (Å²) in [6, 6.07) is 9.07. The van der Waals surface area contributed by atoms with E-state index in [0.717, 1.165) is 41.8 Å². The third-order valence-electron chi connectivity index (χ3n) is 7.40. The number of halogens is 1. The van der Waals surface area contributed by atoms with Crippen molar-refractivity contribution in [2.75, 3.05) is 33.3 Å². The van der Waals surface area contributed by atoms with Crippen LogP contribution >= 0.6 is 11.6 Å². The second kappa shape index (κ2) is 12.0. The molecule has 1 aliphatic heterocycles. The summed E-state index contributed by atoms with van der Waals surface area (Å²) in [6.45, 7) is 8.61. The zero-order chi connectivity index (χ0) is 28.3. The lowest BCUT2D eigenvalue weighted by atomic mass is 9.87. The van der Waals surface area contributed by atoms with Gasteiger partial charge < -0.3 is 19.1 Å². The molecule has 1 amide bonds. The second-order valence-electron chi connectivity index (χ2n) is 9.87. The maximum Gasteiger partial charge on any atom is 0.254 e. The zero-order valence-electron chi connectivity index (χ0n) is 23.1. The number of pyridine rings is 2. The Hall–Kier alpha value is -3.67. The van der Waals surface area contributed by atoms with Crippen LogP contribution in [-0.4, -0.2) is 58.5 Å². The normalized spacial score (nSPS) is 13.8. The molecule has 4 rings (SSSR count). The Morgan fingerprint density at radius 1 is 1.18 bits per heavy atom. The molecule has 0 saturated carbocycles. The van der Waals surface area contributed by atoms with E-state index in [1.165, 1.54) is 16.8 Å². The SMILES string of the molecule is CCOc1cc([C@H](C)N2CCc3c(cc(CCN(C)CC)cc3-c3cn(C)c(=O)cc3Cl)C2=O)ncc1C#N. The number of carbonyl (C=O) groups excluding carboxylic acids is 1. The smallest absolute Gasteiger partial charge is 0.254 e. The van der Waals surface area contributed by atoms with E-state index in [1.54, 1.807) is 19.3 Å². The number of hydrogen-bond acceptors (Lipinski definition) is 6. The fourth-order valence-corrected chi connectivity index (χ4v) is 5.16. The van der Waals surface area contributed by atoms with Crippen LogP contribution in [0.4, 0.5) is 0 Å². The first-order valence-electron chi connectivity index (χ1n) is 13.2. The van der Waals surface area contributed by atoms with Crippen LogP contribution in [0, 0.1) is 11.3 Å². The fourth-order valence-electron chi connectivity index (χ4n) is 4.92. The van der Waals surface area contributed by atoms with Crippen LogP contribution in [0.3, 0.4) is 0 Å². The average molecular weight is 548 g/mol. The standard InChI is InChI=1S/C30H34ClN5O3/c1-6-34(4)10-8-20-12-23(25-18-35(5)29(37)14-26(25)31)22-9-11-36(30(38)24(22)13-20)19(3)27-15-28(39-7-2)21(16-32)17-33-27/h12-15,17-19H,6-11H2,1-5H3/t19-/m0/s1. The predicted octanol–water partition coefficient (Wildman–Crippen LogP) is 4.62. The number of aryl methyl sites for hydroxylation is 1. The van der Waals surface area contributed by atoms with Crippen molar-refractivity contribution >= 4 is 17.5 Å². The van der Waals surface area contributed by atoms with Crippen LogP contribution in [0.25, 0.3) is 11.1 Å². The summed E-state index contributed by atoms with van der Waals surface area (Å²) in [5, 5.41) is 9.77. The molecule has 39 heavy (non-hydrogen) atoms. The van der Waals surface area contributed by atoms with E-state index in [2.05, 4.69) is 36.0 Å². The number of carbonyl (C=O) groups is 1. The number of likely N-dealkylation sites (N-methyl/N-ethyl adjacent to an activating group) is 1. The van der Waals surface area contributed by atoms with Crippen LogP contribution in [0.2, 0.25) is 5.02 Å². The fraction of sp³-hybridized carbons (Fsp3) is 0.400. The average Bonchev–Trinajstić information content (AvgIpc) is 2.93. The highest BCUT2D eigenvalue weighted by Crippen LogP contribution is 2.37. The Kier molecular flexibility index (Phi) is 8.73. The lowest BCUT2D eigenvalue weighted by Crippen LogP contribution is -2.40. The minimum Gasteiger partial charge on any atom is -0.492 e. The van der Waals surface area contributed by atoms with Gasteiger partial charge >= 0.3 is 0 Å². The molecule has 0 bridgehead atoms. The summed E-state index contributed by atoms with van der Waals surface area (Å²) in [7, 11) is 3.77. The number of fused-ring (bicyclic) bond motifs is 1. The Morgan fingerprint density at radius 2 is 1.92 bits per heavy atom. The van der Waals surface area contributed by atoms with E-state index in [4.69, 9.17) is 16.3 Å². The van der Waals surface area contributed by atoms with Crippen LogP contribution in [0.5, 0.6) is 5.75 Å². The van der Waals surface area contributed by atoms with Crippen LogP contribution in [-0.2, 0) is 19.9 Å². The Balaban J connectivity index is 1.77. The van der Waals surface area contributed by atoms with Crippen molar-refractivity contribution in [1.29, 1.82) is 5.26 Å². The molecule has 0 saturated heterocycles. The summed E-state index contributed by atoms with van der Waals surface area (Å²) in [6.07, 6.45) is 4.65. The molecule has 3 heterocycles. The molecular formula is C30H34ClN5O3. The lowest BCUT2D eigenvalue weighted by Gasteiger charge is -2.35. The first-order chi connectivity index (χ1) is 18.7. The van der Waals surface area contributed by atoms with Crippen molar-refractivity contribution in [3.05, 3.63) is 80.0 Å².